The molecule has 0 radical (unpaired) electrons. The van der Waals surface area contributed by atoms with E-state index in [1.54, 1.807) is 38.6 Å². The Bertz CT molecular complexity index is 1460. The van der Waals surface area contributed by atoms with Crippen molar-refractivity contribution < 1.29 is 19.1 Å². The molecule has 0 saturated carbocycles. The Kier molecular flexibility index (Phi) is 9.80. The highest BCUT2D eigenvalue weighted by atomic mass is 16.5. The number of alkyl carbamates (subject to hydrolysis) is 1. The van der Waals surface area contributed by atoms with Crippen LogP contribution in [0.1, 0.15) is 37.9 Å². The minimum atomic E-state index is -0.988. The standard InChI is InChI=1S/C28H34N6O5/c1-18(2)15-19-12-13-29-23-16-20(30-25(19)23)17-34-14-8-10-22(27(34)37)31-26(36)21(32-28(38)39-5)9-6-7-11-24(35)33(3)4/h7-8,10-16,21,30H,6,9,17H2,1-5H3,(H,31,36)(H,32,38). The van der Waals surface area contributed by atoms with E-state index in [1.165, 1.54) is 28.7 Å². The number of aromatic nitrogens is 3. The number of H-pyrrole nitrogens is 1. The molecule has 3 amide bonds. The zero-order chi connectivity index (χ0) is 28.5. The molecule has 11 nitrogen and oxygen atoms in total. The van der Waals surface area contributed by atoms with Crippen LogP contribution in [0.4, 0.5) is 10.5 Å². The number of rotatable bonds is 10. The van der Waals surface area contributed by atoms with Crippen LogP contribution >= 0.6 is 0 Å². The number of nitrogens with one attached hydrogen (secondary N) is 3. The highest BCUT2D eigenvalue weighted by molar-refractivity contribution is 5.96. The number of likely N-dealkylation sites (N-methyl/N-ethyl adjacent to an activating group) is 1. The molecule has 3 aromatic rings. The number of hydrogen-bond donors (Lipinski definition) is 3. The van der Waals surface area contributed by atoms with Crippen molar-refractivity contribution in [3.05, 3.63) is 76.0 Å². The van der Waals surface area contributed by atoms with Gasteiger partial charge in [0.05, 0.1) is 24.7 Å². The Hall–Kier alpha value is -4.67. The van der Waals surface area contributed by atoms with Crippen LogP contribution in [0.25, 0.3) is 17.1 Å². The van der Waals surface area contributed by atoms with Gasteiger partial charge in [0.1, 0.15) is 11.7 Å². The van der Waals surface area contributed by atoms with Crippen molar-refractivity contribution in [2.45, 2.75) is 39.3 Å². The summed E-state index contributed by atoms with van der Waals surface area (Å²) in [6.45, 7) is 4.27. The van der Waals surface area contributed by atoms with Crippen LogP contribution in [0.5, 0.6) is 0 Å². The summed E-state index contributed by atoms with van der Waals surface area (Å²) in [7, 11) is 4.45. The summed E-state index contributed by atoms with van der Waals surface area (Å²) in [6.07, 6.45) is 8.19. The Labute approximate surface area is 226 Å². The van der Waals surface area contributed by atoms with Crippen molar-refractivity contribution in [1.82, 2.24) is 24.8 Å². The lowest BCUT2D eigenvalue weighted by Crippen LogP contribution is -2.44. The fourth-order valence-corrected chi connectivity index (χ4v) is 3.84. The lowest BCUT2D eigenvalue weighted by molar-refractivity contribution is -0.123. The van der Waals surface area contributed by atoms with Gasteiger partial charge in [-0.15, -0.1) is 0 Å². The van der Waals surface area contributed by atoms with E-state index in [1.807, 2.05) is 26.0 Å². The predicted octanol–water partition coefficient (Wildman–Crippen LogP) is 3.28. The molecule has 206 valence electrons. The number of hydrogen-bond acceptors (Lipinski definition) is 6. The highest BCUT2D eigenvalue weighted by Gasteiger charge is 2.22. The molecule has 0 aromatic carbocycles. The monoisotopic (exact) mass is 534 g/mol. The Morgan fingerprint density at radius 3 is 2.69 bits per heavy atom. The molecule has 3 N–H and O–H groups in total. The zero-order valence-corrected chi connectivity index (χ0v) is 22.8. The first-order valence-electron chi connectivity index (χ1n) is 12.4. The lowest BCUT2D eigenvalue weighted by atomic mass is 10.1. The third-order valence-electron chi connectivity index (χ3n) is 5.79. The van der Waals surface area contributed by atoms with Crippen molar-refractivity contribution in [1.29, 1.82) is 0 Å². The minimum Gasteiger partial charge on any atom is -0.453 e. The van der Waals surface area contributed by atoms with E-state index in [0.29, 0.717) is 6.42 Å². The molecule has 1 unspecified atom stereocenters. The molecule has 39 heavy (non-hydrogen) atoms. The lowest BCUT2D eigenvalue weighted by Gasteiger charge is -2.17. The maximum atomic E-state index is 13.2. The summed E-state index contributed by atoms with van der Waals surface area (Å²) >= 11 is 0. The first-order chi connectivity index (χ1) is 18.6. The van der Waals surface area contributed by atoms with E-state index in [-0.39, 0.29) is 24.6 Å². The molecular formula is C28H34N6O5. The number of aromatic amines is 1. The predicted molar refractivity (Wildman–Crippen MR) is 150 cm³/mol. The molecule has 0 spiro atoms. The summed E-state index contributed by atoms with van der Waals surface area (Å²) in [4.78, 5) is 58.9. The summed E-state index contributed by atoms with van der Waals surface area (Å²) < 4.78 is 6.11. The van der Waals surface area contributed by atoms with E-state index in [9.17, 15) is 19.2 Å². The molecule has 0 bridgehead atoms. The third-order valence-corrected chi connectivity index (χ3v) is 5.79. The zero-order valence-electron chi connectivity index (χ0n) is 22.8. The number of amides is 3. The van der Waals surface area contributed by atoms with Gasteiger partial charge in [0.15, 0.2) is 0 Å². The molecule has 0 saturated heterocycles. The number of anilines is 1. The van der Waals surface area contributed by atoms with Crippen molar-refractivity contribution in [2.24, 2.45) is 0 Å². The van der Waals surface area contributed by atoms with E-state index in [0.717, 1.165) is 27.9 Å². The van der Waals surface area contributed by atoms with E-state index in [2.05, 4.69) is 31.4 Å². The van der Waals surface area contributed by atoms with Gasteiger partial charge in [-0.05, 0) is 57.0 Å². The van der Waals surface area contributed by atoms with Crippen LogP contribution in [-0.4, -0.2) is 64.6 Å². The Balaban J connectivity index is 1.77. The van der Waals surface area contributed by atoms with Gasteiger partial charge < -0.3 is 29.8 Å². The largest absolute Gasteiger partial charge is 0.453 e. The molecule has 0 aliphatic rings. The van der Waals surface area contributed by atoms with E-state index in [4.69, 9.17) is 0 Å². The van der Waals surface area contributed by atoms with Gasteiger partial charge in [0, 0.05) is 37.7 Å². The van der Waals surface area contributed by atoms with Crippen LogP contribution < -0.4 is 16.2 Å². The smallest absolute Gasteiger partial charge is 0.407 e. The number of methoxy groups -OCH3 is 1. The third kappa shape index (κ3) is 7.91. The second kappa shape index (κ2) is 13.2. The number of pyridine rings is 2. The Morgan fingerprint density at radius 1 is 1.23 bits per heavy atom. The number of carbonyl (C=O) groups is 3. The van der Waals surface area contributed by atoms with Crippen LogP contribution in [0, 0.1) is 0 Å². The van der Waals surface area contributed by atoms with E-state index >= 15 is 0 Å². The number of fused-ring (bicyclic) bond motifs is 1. The van der Waals surface area contributed by atoms with Crippen molar-refractivity contribution in [2.75, 3.05) is 26.5 Å². The molecule has 3 rings (SSSR count). The fraction of sp³-hybridized carbons (Fsp3) is 0.321. The first kappa shape index (κ1) is 28.9. The van der Waals surface area contributed by atoms with Gasteiger partial charge in [0.2, 0.25) is 11.8 Å². The molecule has 3 aromatic heterocycles. The van der Waals surface area contributed by atoms with Gasteiger partial charge >= 0.3 is 6.09 Å². The van der Waals surface area contributed by atoms with Gasteiger partial charge in [-0.2, -0.15) is 0 Å². The highest BCUT2D eigenvalue weighted by Crippen LogP contribution is 2.20. The average Bonchev–Trinajstić information content (AvgIpc) is 3.31. The average molecular weight is 535 g/mol. The molecule has 0 aliphatic carbocycles. The van der Waals surface area contributed by atoms with Gasteiger partial charge in [-0.25, -0.2) is 4.79 Å². The summed E-state index contributed by atoms with van der Waals surface area (Å²) in [5.41, 5.74) is 4.26. The van der Waals surface area contributed by atoms with Crippen LogP contribution in [0.15, 0.2) is 59.2 Å². The van der Waals surface area contributed by atoms with Crippen LogP contribution in [-0.2, 0) is 20.9 Å². The topological polar surface area (TPSA) is 138 Å². The van der Waals surface area contributed by atoms with Crippen molar-refractivity contribution in [3.63, 3.8) is 0 Å². The molecule has 1 atom stereocenters. The number of nitrogens with zero attached hydrogens (tertiary/aromatic N) is 3. The maximum absolute atomic E-state index is 13.2. The second-order valence-corrected chi connectivity index (χ2v) is 9.42. The van der Waals surface area contributed by atoms with Crippen molar-refractivity contribution in [3.8, 4) is 0 Å². The van der Waals surface area contributed by atoms with E-state index < -0.39 is 23.6 Å². The summed E-state index contributed by atoms with van der Waals surface area (Å²) in [6, 6.07) is 5.98. The Morgan fingerprint density at radius 2 is 2.00 bits per heavy atom. The summed E-state index contributed by atoms with van der Waals surface area (Å²) in [5, 5.41) is 5.10. The molecule has 3 heterocycles. The molecule has 0 fully saturated rings. The summed E-state index contributed by atoms with van der Waals surface area (Å²) in [5.74, 6) is -0.774. The fourth-order valence-electron chi connectivity index (χ4n) is 3.84. The van der Waals surface area contributed by atoms with Crippen molar-refractivity contribution >= 4 is 40.7 Å². The molecule has 11 heteroatoms. The maximum Gasteiger partial charge on any atom is 0.407 e. The quantitative estimate of drug-likeness (QED) is 0.341. The molecule has 0 aliphatic heterocycles. The number of carbonyl (C=O) groups excluding carboxylic acids is 3. The minimum absolute atomic E-state index is 0.0666. The van der Waals surface area contributed by atoms with Gasteiger partial charge in [-0.1, -0.05) is 17.7 Å². The first-order valence-corrected chi connectivity index (χ1v) is 12.4. The SMILES string of the molecule is COC(=O)NC(CCC=CC(=O)N(C)C)C(=O)Nc1cccn(Cc2cc3nccc(C=C(C)C)c3[nH]2)c1=O. The van der Waals surface area contributed by atoms with Gasteiger partial charge in [-0.3, -0.25) is 19.4 Å². The normalized spacial score (nSPS) is 11.7. The van der Waals surface area contributed by atoms with Gasteiger partial charge in [0.25, 0.3) is 5.56 Å². The molecular weight excluding hydrogens is 500 g/mol. The van der Waals surface area contributed by atoms with Crippen LogP contribution in [0.3, 0.4) is 0 Å². The number of ether oxygens (including phenoxy) is 1. The van der Waals surface area contributed by atoms with Crippen LogP contribution in [0.2, 0.25) is 0 Å². The second-order valence-electron chi connectivity index (χ2n) is 9.42. The number of allylic oxidation sites excluding steroid dienone is 2.